The number of H-pyrrole nitrogens is 1. The first-order valence-electron chi connectivity index (χ1n) is 9.96. The molecule has 19 nitrogen and oxygen atoms in total. The summed E-state index contributed by atoms with van der Waals surface area (Å²) < 4.78 is 47.1. The van der Waals surface area contributed by atoms with E-state index in [2.05, 4.69) is 13.4 Å². The maximum Gasteiger partial charge on any atom is 1.00 e. The molecular formula is C15H22N2Na2O17P2. The van der Waals surface area contributed by atoms with Gasteiger partial charge in [-0.1, -0.05) is 0 Å². The summed E-state index contributed by atoms with van der Waals surface area (Å²) in [7, 11) is -11.7. The molecule has 2 unspecified atom stereocenters. The molecule has 0 bridgehead atoms. The van der Waals surface area contributed by atoms with E-state index < -0.39 is 95.4 Å². The van der Waals surface area contributed by atoms with E-state index in [1.54, 1.807) is 0 Å². The zero-order valence-electron chi connectivity index (χ0n) is 19.8. The summed E-state index contributed by atoms with van der Waals surface area (Å²) in [5.41, 5.74) is -1.78. The third-order valence-electron chi connectivity index (χ3n) is 5.14. The maximum atomic E-state index is 12.0. The van der Waals surface area contributed by atoms with Gasteiger partial charge in [-0.15, -0.1) is 0 Å². The first-order valence-corrected chi connectivity index (χ1v) is 12.9. The van der Waals surface area contributed by atoms with Gasteiger partial charge in [0.05, 0.1) is 13.2 Å². The summed E-state index contributed by atoms with van der Waals surface area (Å²) in [5, 5.41) is 58.4. The molecular weight excluding hydrogens is 588 g/mol. The second-order valence-electron chi connectivity index (χ2n) is 7.64. The number of nitrogens with zero attached hydrogens (tertiary/aromatic N) is 1. The third-order valence-corrected chi connectivity index (χ3v) is 7.67. The van der Waals surface area contributed by atoms with Crippen LogP contribution in [0.25, 0.3) is 0 Å². The fraction of sp³-hybridized carbons (Fsp3) is 0.733. The molecule has 2 aliphatic rings. The Morgan fingerprint density at radius 1 is 0.921 bits per heavy atom. The van der Waals surface area contributed by atoms with Gasteiger partial charge in [-0.05, 0) is 0 Å². The molecule has 0 saturated carbocycles. The molecule has 7 N–H and O–H groups in total. The number of phosphoric ester groups is 2. The van der Waals surface area contributed by atoms with Gasteiger partial charge in [0.2, 0.25) is 0 Å². The number of nitrogens with one attached hydrogen (secondary N) is 1. The molecule has 1 aromatic rings. The van der Waals surface area contributed by atoms with Gasteiger partial charge in [0, 0.05) is 12.3 Å². The van der Waals surface area contributed by atoms with E-state index in [-0.39, 0.29) is 59.1 Å². The zero-order chi connectivity index (χ0) is 27.0. The van der Waals surface area contributed by atoms with E-state index in [1.807, 2.05) is 4.98 Å². The number of aliphatic hydroxyl groups excluding tert-OH is 6. The van der Waals surface area contributed by atoms with Crippen LogP contribution in [0.15, 0.2) is 21.9 Å². The molecule has 2 fully saturated rings. The fourth-order valence-corrected chi connectivity index (χ4v) is 5.42. The Morgan fingerprint density at radius 2 is 1.53 bits per heavy atom. The van der Waals surface area contributed by atoms with Gasteiger partial charge in [-0.3, -0.25) is 28.0 Å². The zero-order valence-corrected chi connectivity index (χ0v) is 25.6. The second kappa shape index (κ2) is 14.7. The van der Waals surface area contributed by atoms with Crippen LogP contribution >= 0.6 is 15.6 Å². The maximum absolute atomic E-state index is 12.0. The molecule has 2 aliphatic heterocycles. The molecule has 0 aliphatic carbocycles. The van der Waals surface area contributed by atoms with Crippen LogP contribution in [0.3, 0.4) is 0 Å². The monoisotopic (exact) mass is 610 g/mol. The van der Waals surface area contributed by atoms with Crippen molar-refractivity contribution in [3.63, 3.8) is 0 Å². The van der Waals surface area contributed by atoms with Crippen LogP contribution in [0.1, 0.15) is 6.23 Å². The van der Waals surface area contributed by atoms with Gasteiger partial charge >= 0.3 is 64.8 Å². The van der Waals surface area contributed by atoms with E-state index >= 15 is 0 Å². The number of aromatic nitrogens is 2. The molecule has 38 heavy (non-hydrogen) atoms. The van der Waals surface area contributed by atoms with Gasteiger partial charge < -0.3 is 54.4 Å². The van der Waals surface area contributed by atoms with Crippen molar-refractivity contribution in [1.82, 2.24) is 9.55 Å². The van der Waals surface area contributed by atoms with Crippen molar-refractivity contribution < 1.29 is 132 Å². The van der Waals surface area contributed by atoms with Crippen LogP contribution in [-0.4, -0.2) is 102 Å². The predicted octanol–water partition coefficient (Wildman–Crippen LogP) is -12.0. The van der Waals surface area contributed by atoms with Crippen LogP contribution in [-0.2, 0) is 32.0 Å². The molecule has 0 amide bonds. The SMILES string of the molecule is O=c1ccn([C@H]2O[C@@H](COP(=O)([O-])OP(=O)([O-])O[C@@H]3O[C@@H](CO)[C@@H](O)[C@@H](O)[C@@H]3O)[C@H](O)[C@@H]2O)c(=O)[nH]1.[Na+].[Na+]. The molecule has 2 saturated heterocycles. The van der Waals surface area contributed by atoms with E-state index in [4.69, 9.17) is 14.6 Å². The normalized spacial score (nSPS) is 36.4. The van der Waals surface area contributed by atoms with Gasteiger partial charge in [0.15, 0.2) is 12.5 Å². The minimum Gasteiger partial charge on any atom is -0.756 e. The van der Waals surface area contributed by atoms with Crippen LogP contribution in [0, 0.1) is 0 Å². The molecule has 3 rings (SSSR count). The van der Waals surface area contributed by atoms with Crippen molar-refractivity contribution in [2.75, 3.05) is 13.2 Å². The first-order chi connectivity index (χ1) is 16.7. The van der Waals surface area contributed by atoms with Gasteiger partial charge in [-0.2, -0.15) is 0 Å². The molecule has 11 atom stereocenters. The van der Waals surface area contributed by atoms with Crippen molar-refractivity contribution in [3.8, 4) is 0 Å². The molecule has 1 aromatic heterocycles. The minimum absolute atomic E-state index is 0. The Bertz CT molecular complexity index is 1140. The number of aliphatic hydroxyl groups is 6. The first kappa shape index (κ1) is 36.6. The van der Waals surface area contributed by atoms with E-state index in [0.717, 1.165) is 12.3 Å². The van der Waals surface area contributed by atoms with Crippen LogP contribution in [0.5, 0.6) is 0 Å². The summed E-state index contributed by atoms with van der Waals surface area (Å²) >= 11 is 0. The largest absolute Gasteiger partial charge is 1.00 e. The number of ether oxygens (including phenoxy) is 2. The van der Waals surface area contributed by atoms with E-state index in [9.17, 15) is 54.0 Å². The Balaban J connectivity index is 0.00000361. The van der Waals surface area contributed by atoms with Crippen molar-refractivity contribution in [1.29, 1.82) is 0 Å². The Hall–Kier alpha value is 0.620. The Kier molecular flexibility index (Phi) is 14.2. The van der Waals surface area contributed by atoms with Crippen LogP contribution < -0.4 is 80.2 Å². The van der Waals surface area contributed by atoms with Crippen molar-refractivity contribution >= 4 is 15.6 Å². The van der Waals surface area contributed by atoms with E-state index in [0.29, 0.717) is 4.57 Å². The summed E-state index contributed by atoms with van der Waals surface area (Å²) in [6.07, 6.45) is -15.8. The fourth-order valence-electron chi connectivity index (χ4n) is 3.34. The standard InChI is InChI=1S/C15H24N2O17P2.2Na/c18-3-5-8(20)10(22)12(24)14(32-5)33-36(28,29)34-35(26,27)30-4-6-9(21)11(23)13(31-6)17-2-1-7(19)16-15(17)25;;/h1-2,5-6,8-14,18,20-24H,3-4H2,(H,26,27)(H,28,29)(H,16,19,25);;/q;2*+1/p-2/t5-,6-,8+,9-,10+,11-,12-,13-,14-;;/m0../s1. The average Bonchev–Trinajstić information content (AvgIpc) is 3.06. The summed E-state index contributed by atoms with van der Waals surface area (Å²) in [5.74, 6) is 0. The Labute approximate surface area is 256 Å². The topological polar surface area (TPSA) is 303 Å². The Morgan fingerprint density at radius 3 is 2.11 bits per heavy atom. The van der Waals surface area contributed by atoms with Gasteiger partial charge in [0.1, 0.15) is 42.7 Å². The quantitative estimate of drug-likeness (QED) is 0.101. The van der Waals surface area contributed by atoms with Crippen LogP contribution in [0.2, 0.25) is 0 Å². The second-order valence-corrected chi connectivity index (χ2v) is 10.5. The summed E-state index contributed by atoms with van der Waals surface area (Å²) in [4.78, 5) is 48.9. The summed E-state index contributed by atoms with van der Waals surface area (Å²) in [6, 6.07) is 0.911. The number of hydrogen-bond acceptors (Lipinski definition) is 17. The molecule has 0 aromatic carbocycles. The molecule has 3 heterocycles. The van der Waals surface area contributed by atoms with Crippen LogP contribution in [0.4, 0.5) is 0 Å². The smallest absolute Gasteiger partial charge is 0.756 e. The van der Waals surface area contributed by atoms with E-state index in [1.165, 1.54) is 0 Å². The number of phosphoric acid groups is 2. The van der Waals surface area contributed by atoms with Crippen molar-refractivity contribution in [2.24, 2.45) is 0 Å². The average molecular weight is 610 g/mol. The molecule has 0 spiro atoms. The van der Waals surface area contributed by atoms with Gasteiger partial charge in [0.25, 0.3) is 21.2 Å². The molecule has 0 radical (unpaired) electrons. The van der Waals surface area contributed by atoms with Gasteiger partial charge in [-0.25, -0.2) is 9.11 Å². The third kappa shape index (κ3) is 8.81. The number of aromatic amines is 1. The van der Waals surface area contributed by atoms with Crippen molar-refractivity contribution in [2.45, 2.75) is 55.2 Å². The minimum atomic E-state index is -5.90. The van der Waals surface area contributed by atoms with Crippen molar-refractivity contribution in [3.05, 3.63) is 33.1 Å². The predicted molar refractivity (Wildman–Crippen MR) is 104 cm³/mol. The summed E-state index contributed by atoms with van der Waals surface area (Å²) in [6.45, 7) is -2.05. The number of hydrogen-bond donors (Lipinski definition) is 7. The number of rotatable bonds is 9. The molecule has 23 heteroatoms. The molecule has 206 valence electrons.